The van der Waals surface area contributed by atoms with Gasteiger partial charge in [-0.1, -0.05) is 6.42 Å². The lowest BCUT2D eigenvalue weighted by Crippen LogP contribution is -2.45. The standard InChI is InChI=1S/C29H34N4O2/c1-34-23-7-9-24(10-8-23)35-19-20-4-3-15-33(18-20)22-6-2-5-21(16-22)25-11-13-30-27-17-32-29-26(28(25)27)12-14-31-29/h7-14,17,20-22,30H,2-6,15-16,18-19H2,1H3. The summed E-state index contributed by atoms with van der Waals surface area (Å²) in [6, 6.07) is 13.0. The quantitative estimate of drug-likeness (QED) is 0.378. The van der Waals surface area contributed by atoms with Gasteiger partial charge in [-0.15, -0.1) is 0 Å². The topological polar surface area (TPSA) is 63.3 Å². The molecule has 2 aliphatic rings. The van der Waals surface area contributed by atoms with Crippen molar-refractivity contribution in [3.05, 3.63) is 60.6 Å². The Bertz CT molecular complexity index is 1290. The first-order valence-electron chi connectivity index (χ1n) is 13.0. The van der Waals surface area contributed by atoms with E-state index >= 15 is 0 Å². The molecule has 4 heterocycles. The number of fused-ring (bicyclic) bond motifs is 3. The number of piperidine rings is 1. The second kappa shape index (κ2) is 9.86. The van der Waals surface area contributed by atoms with E-state index in [1.54, 1.807) is 7.11 Å². The molecule has 6 heteroatoms. The van der Waals surface area contributed by atoms with Crippen molar-refractivity contribution >= 4 is 21.9 Å². The summed E-state index contributed by atoms with van der Waals surface area (Å²) in [5.41, 5.74) is 3.42. The predicted octanol–water partition coefficient (Wildman–Crippen LogP) is 5.94. The molecule has 35 heavy (non-hydrogen) atoms. The lowest BCUT2D eigenvalue weighted by atomic mass is 9.79. The Morgan fingerprint density at radius 1 is 1.00 bits per heavy atom. The third-order valence-corrected chi connectivity index (χ3v) is 8.02. The monoisotopic (exact) mass is 470 g/mol. The molecule has 1 aliphatic heterocycles. The Labute approximate surface area is 206 Å². The molecule has 2 fully saturated rings. The van der Waals surface area contributed by atoms with E-state index in [1.165, 1.54) is 61.4 Å². The Morgan fingerprint density at radius 3 is 2.77 bits per heavy atom. The Balaban J connectivity index is 1.15. The number of nitrogens with zero attached hydrogens (tertiary/aromatic N) is 3. The number of methoxy groups -OCH3 is 1. The van der Waals surface area contributed by atoms with Crippen LogP contribution in [0.1, 0.15) is 50.0 Å². The van der Waals surface area contributed by atoms with Crippen molar-refractivity contribution in [1.29, 1.82) is 0 Å². The van der Waals surface area contributed by atoms with E-state index < -0.39 is 0 Å². The molecule has 6 nitrogen and oxygen atoms in total. The van der Waals surface area contributed by atoms with Gasteiger partial charge in [0.2, 0.25) is 0 Å². The first-order chi connectivity index (χ1) is 17.3. The molecule has 1 aromatic carbocycles. The molecule has 6 rings (SSSR count). The van der Waals surface area contributed by atoms with E-state index in [1.807, 2.05) is 36.7 Å². The number of H-pyrrole nitrogens is 1. The van der Waals surface area contributed by atoms with Gasteiger partial charge in [-0.2, -0.15) is 0 Å². The van der Waals surface area contributed by atoms with Crippen LogP contribution in [0.15, 0.2) is 55.0 Å². The lowest BCUT2D eigenvalue weighted by molar-refractivity contribution is 0.0734. The number of rotatable bonds is 6. The molecule has 1 saturated heterocycles. The van der Waals surface area contributed by atoms with Crippen molar-refractivity contribution in [2.75, 3.05) is 26.8 Å². The highest BCUT2D eigenvalue weighted by atomic mass is 16.5. The zero-order valence-electron chi connectivity index (χ0n) is 20.5. The van der Waals surface area contributed by atoms with E-state index in [4.69, 9.17) is 9.47 Å². The summed E-state index contributed by atoms with van der Waals surface area (Å²) in [6.45, 7) is 3.13. The number of hydrogen-bond donors (Lipinski definition) is 1. The molecule has 1 aliphatic carbocycles. The maximum atomic E-state index is 6.15. The van der Waals surface area contributed by atoms with Gasteiger partial charge in [-0.25, -0.2) is 9.97 Å². The molecular formula is C29H34N4O2. The van der Waals surface area contributed by atoms with Crippen molar-refractivity contribution in [2.45, 2.75) is 50.5 Å². The van der Waals surface area contributed by atoms with Crippen LogP contribution in [0, 0.1) is 5.92 Å². The van der Waals surface area contributed by atoms with Gasteiger partial charge in [0.05, 0.1) is 25.4 Å². The van der Waals surface area contributed by atoms with Crippen LogP contribution in [0.5, 0.6) is 11.5 Å². The Kier molecular flexibility index (Phi) is 6.30. The number of likely N-dealkylation sites (tertiary alicyclic amines) is 1. The van der Waals surface area contributed by atoms with E-state index in [-0.39, 0.29) is 0 Å². The zero-order chi connectivity index (χ0) is 23.6. The van der Waals surface area contributed by atoms with E-state index in [2.05, 4.69) is 38.2 Å². The summed E-state index contributed by atoms with van der Waals surface area (Å²) in [5, 5.41) is 2.48. The van der Waals surface area contributed by atoms with E-state index in [0.29, 0.717) is 17.9 Å². The molecule has 0 radical (unpaired) electrons. The molecule has 0 spiro atoms. The molecular weight excluding hydrogens is 436 g/mol. The first kappa shape index (κ1) is 22.4. The highest BCUT2D eigenvalue weighted by Gasteiger charge is 2.32. The molecule has 3 unspecified atom stereocenters. The molecule has 0 amide bonds. The Hall–Kier alpha value is -3.12. The second-order valence-electron chi connectivity index (χ2n) is 10.2. The SMILES string of the molecule is COc1ccc(OCC2CCCN(C3CCCC(c4cc[nH]c5cnc6nccc6c45)C3)C2)cc1. The number of benzene rings is 1. The van der Waals surface area contributed by atoms with Crippen LogP contribution in [-0.2, 0) is 0 Å². The summed E-state index contributed by atoms with van der Waals surface area (Å²) in [5.74, 6) is 2.95. The normalized spacial score (nSPS) is 23.5. The molecule has 3 aromatic heterocycles. The van der Waals surface area contributed by atoms with Gasteiger partial charge >= 0.3 is 0 Å². The van der Waals surface area contributed by atoms with E-state index in [0.717, 1.165) is 35.8 Å². The van der Waals surface area contributed by atoms with Gasteiger partial charge < -0.3 is 14.5 Å². The number of nitrogens with one attached hydrogen (secondary N) is 1. The van der Waals surface area contributed by atoms with Crippen LogP contribution in [0.2, 0.25) is 0 Å². The van der Waals surface area contributed by atoms with Crippen LogP contribution in [0.25, 0.3) is 21.9 Å². The molecule has 1 saturated carbocycles. The third kappa shape index (κ3) is 4.59. The fourth-order valence-corrected chi connectivity index (χ4v) is 6.25. The van der Waals surface area contributed by atoms with Crippen molar-refractivity contribution < 1.29 is 9.47 Å². The highest BCUT2D eigenvalue weighted by molar-refractivity contribution is 6.05. The van der Waals surface area contributed by atoms with Gasteiger partial charge in [0.25, 0.3) is 0 Å². The van der Waals surface area contributed by atoms with Crippen LogP contribution < -0.4 is 9.47 Å². The van der Waals surface area contributed by atoms with Crippen molar-refractivity contribution in [2.24, 2.45) is 5.92 Å². The second-order valence-corrected chi connectivity index (χ2v) is 10.2. The van der Waals surface area contributed by atoms with Gasteiger partial charge in [-0.3, -0.25) is 4.90 Å². The van der Waals surface area contributed by atoms with Crippen molar-refractivity contribution in [3.63, 3.8) is 0 Å². The van der Waals surface area contributed by atoms with Gasteiger partial charge in [0.1, 0.15) is 11.5 Å². The van der Waals surface area contributed by atoms with Gasteiger partial charge in [0.15, 0.2) is 5.65 Å². The summed E-state index contributed by atoms with van der Waals surface area (Å²) >= 11 is 0. The number of pyridine rings is 2. The zero-order valence-corrected chi connectivity index (χ0v) is 20.5. The minimum absolute atomic E-state index is 0.572. The average Bonchev–Trinajstić information content (AvgIpc) is 3.41. The molecule has 1 N–H and O–H groups in total. The van der Waals surface area contributed by atoms with Crippen LogP contribution in [0.3, 0.4) is 0 Å². The summed E-state index contributed by atoms with van der Waals surface area (Å²) in [6.07, 6.45) is 13.5. The minimum Gasteiger partial charge on any atom is -0.497 e. The highest BCUT2D eigenvalue weighted by Crippen LogP contribution is 2.40. The van der Waals surface area contributed by atoms with Crippen molar-refractivity contribution in [3.8, 4) is 11.5 Å². The number of ether oxygens (including phenoxy) is 2. The average molecular weight is 471 g/mol. The van der Waals surface area contributed by atoms with Crippen LogP contribution >= 0.6 is 0 Å². The maximum Gasteiger partial charge on any atom is 0.159 e. The van der Waals surface area contributed by atoms with Gasteiger partial charge in [-0.05, 0) is 86.5 Å². The molecule has 182 valence electrons. The largest absolute Gasteiger partial charge is 0.497 e. The number of aromatic amines is 1. The Morgan fingerprint density at radius 2 is 1.89 bits per heavy atom. The first-order valence-corrected chi connectivity index (χ1v) is 13.0. The third-order valence-electron chi connectivity index (χ3n) is 8.02. The fraction of sp³-hybridized carbons (Fsp3) is 0.448. The van der Waals surface area contributed by atoms with E-state index in [9.17, 15) is 0 Å². The van der Waals surface area contributed by atoms with Crippen LogP contribution in [0.4, 0.5) is 0 Å². The summed E-state index contributed by atoms with van der Waals surface area (Å²) in [7, 11) is 1.69. The smallest absolute Gasteiger partial charge is 0.159 e. The number of hydrogen-bond acceptors (Lipinski definition) is 5. The molecule has 0 bridgehead atoms. The fourth-order valence-electron chi connectivity index (χ4n) is 6.25. The summed E-state index contributed by atoms with van der Waals surface area (Å²) < 4.78 is 11.4. The maximum absolute atomic E-state index is 6.15. The lowest BCUT2D eigenvalue weighted by Gasteiger charge is -2.42. The van der Waals surface area contributed by atoms with Crippen LogP contribution in [-0.4, -0.2) is 52.7 Å². The number of aromatic nitrogens is 3. The minimum atomic E-state index is 0.572. The predicted molar refractivity (Wildman–Crippen MR) is 139 cm³/mol. The molecule has 4 aromatic rings. The van der Waals surface area contributed by atoms with Gasteiger partial charge in [0, 0.05) is 41.7 Å². The molecule has 3 atom stereocenters. The van der Waals surface area contributed by atoms with Crippen molar-refractivity contribution in [1.82, 2.24) is 19.9 Å². The summed E-state index contributed by atoms with van der Waals surface area (Å²) in [4.78, 5) is 15.1.